The van der Waals surface area contributed by atoms with E-state index in [1.807, 2.05) is 7.05 Å². The van der Waals surface area contributed by atoms with E-state index in [1.165, 1.54) is 0 Å². The molecule has 2 nitrogen and oxygen atoms in total. The van der Waals surface area contributed by atoms with Crippen LogP contribution < -0.4 is 5.32 Å². The second-order valence-electron chi connectivity index (χ2n) is 3.59. The van der Waals surface area contributed by atoms with Gasteiger partial charge in [-0.1, -0.05) is 0 Å². The quantitative estimate of drug-likeness (QED) is 0.595. The van der Waals surface area contributed by atoms with Crippen LogP contribution >= 0.6 is 0 Å². The molecule has 0 radical (unpaired) electrons. The molecular weight excluding hydrogens is 126 g/mol. The summed E-state index contributed by atoms with van der Waals surface area (Å²) in [5.41, 5.74) is 0.0892. The minimum atomic E-state index is 0.0892. The zero-order valence-electron chi connectivity index (χ0n) is 7.11. The van der Waals surface area contributed by atoms with Gasteiger partial charge >= 0.3 is 0 Å². The van der Waals surface area contributed by atoms with Crippen molar-refractivity contribution >= 4 is 0 Å². The maximum absolute atomic E-state index is 5.56. The second-order valence-corrected chi connectivity index (χ2v) is 3.59. The van der Waals surface area contributed by atoms with Gasteiger partial charge in [-0.05, 0) is 33.7 Å². The monoisotopic (exact) mass is 143 g/mol. The summed E-state index contributed by atoms with van der Waals surface area (Å²) in [5, 5.41) is 3.28. The topological polar surface area (TPSA) is 21.3 Å². The molecule has 0 bridgehead atoms. The lowest BCUT2D eigenvalue weighted by Gasteiger charge is -2.35. The van der Waals surface area contributed by atoms with Gasteiger partial charge in [0.25, 0.3) is 0 Å². The fourth-order valence-corrected chi connectivity index (χ4v) is 1.48. The maximum atomic E-state index is 5.56. The smallest absolute Gasteiger partial charge is 0.0641 e. The fourth-order valence-electron chi connectivity index (χ4n) is 1.48. The normalized spacial score (nSPS) is 32.1. The first-order chi connectivity index (χ1) is 4.64. The summed E-state index contributed by atoms with van der Waals surface area (Å²) in [6.07, 6.45) is 2.28. The molecule has 0 aliphatic carbocycles. The van der Waals surface area contributed by atoms with Gasteiger partial charge in [-0.15, -0.1) is 0 Å². The third-order valence-corrected chi connectivity index (χ3v) is 2.11. The Balaban J connectivity index is 2.40. The molecule has 1 N–H and O–H groups in total. The van der Waals surface area contributed by atoms with Crippen molar-refractivity contribution < 1.29 is 4.74 Å². The minimum absolute atomic E-state index is 0.0892. The van der Waals surface area contributed by atoms with Gasteiger partial charge in [0.2, 0.25) is 0 Å². The van der Waals surface area contributed by atoms with Crippen molar-refractivity contribution in [1.82, 2.24) is 5.32 Å². The van der Waals surface area contributed by atoms with Crippen LogP contribution in [0.5, 0.6) is 0 Å². The highest BCUT2D eigenvalue weighted by Crippen LogP contribution is 2.23. The van der Waals surface area contributed by atoms with Crippen molar-refractivity contribution in [2.45, 2.75) is 38.3 Å². The van der Waals surface area contributed by atoms with E-state index in [1.54, 1.807) is 0 Å². The molecule has 1 atom stereocenters. The lowest BCUT2D eigenvalue weighted by Crippen LogP contribution is -2.42. The molecule has 1 rings (SSSR count). The molecule has 60 valence electrons. The first kappa shape index (κ1) is 8.02. The van der Waals surface area contributed by atoms with Crippen LogP contribution in [-0.2, 0) is 4.74 Å². The Morgan fingerprint density at radius 1 is 1.50 bits per heavy atom. The molecule has 1 fully saturated rings. The highest BCUT2D eigenvalue weighted by molar-refractivity contribution is 4.81. The number of ether oxygens (including phenoxy) is 1. The molecule has 1 saturated heterocycles. The van der Waals surface area contributed by atoms with Crippen molar-refractivity contribution in [3.63, 3.8) is 0 Å². The van der Waals surface area contributed by atoms with Crippen LogP contribution in [0.1, 0.15) is 26.7 Å². The van der Waals surface area contributed by atoms with Crippen LogP contribution in [0.2, 0.25) is 0 Å². The molecule has 1 aliphatic heterocycles. The van der Waals surface area contributed by atoms with Crippen molar-refractivity contribution in [2.75, 3.05) is 13.7 Å². The molecule has 1 aliphatic rings. The van der Waals surface area contributed by atoms with E-state index in [2.05, 4.69) is 19.2 Å². The van der Waals surface area contributed by atoms with Gasteiger partial charge in [0.15, 0.2) is 0 Å². The molecule has 0 aromatic heterocycles. The lowest BCUT2D eigenvalue weighted by atomic mass is 9.94. The number of hydrogen-bond donors (Lipinski definition) is 1. The van der Waals surface area contributed by atoms with Crippen molar-refractivity contribution in [2.24, 2.45) is 0 Å². The van der Waals surface area contributed by atoms with Crippen LogP contribution in [0, 0.1) is 0 Å². The summed E-state index contributed by atoms with van der Waals surface area (Å²) in [7, 11) is 2.02. The van der Waals surface area contributed by atoms with Gasteiger partial charge in [0.05, 0.1) is 5.60 Å². The lowest BCUT2D eigenvalue weighted by molar-refractivity contribution is -0.0619. The molecule has 0 saturated carbocycles. The minimum Gasteiger partial charge on any atom is -0.375 e. The number of hydrogen-bond acceptors (Lipinski definition) is 2. The summed E-state index contributed by atoms with van der Waals surface area (Å²) in [6, 6.07) is 0.656. The van der Waals surface area contributed by atoms with E-state index >= 15 is 0 Å². The van der Waals surface area contributed by atoms with E-state index < -0.39 is 0 Å². The summed E-state index contributed by atoms with van der Waals surface area (Å²) in [5.74, 6) is 0. The first-order valence-corrected chi connectivity index (χ1v) is 3.95. The van der Waals surface area contributed by atoms with Crippen LogP contribution in [0.3, 0.4) is 0 Å². The van der Waals surface area contributed by atoms with Crippen LogP contribution in [0.25, 0.3) is 0 Å². The largest absolute Gasteiger partial charge is 0.375 e. The Bertz CT molecular complexity index is 112. The summed E-state index contributed by atoms with van der Waals surface area (Å²) < 4.78 is 5.56. The van der Waals surface area contributed by atoms with E-state index in [9.17, 15) is 0 Å². The fraction of sp³-hybridized carbons (Fsp3) is 1.00. The SMILES string of the molecule is CNC1CCOC(C)(C)C1. The Hall–Kier alpha value is -0.0800. The average Bonchev–Trinajstić information content (AvgIpc) is 1.86. The van der Waals surface area contributed by atoms with Gasteiger partial charge in [0.1, 0.15) is 0 Å². The average molecular weight is 143 g/mol. The van der Waals surface area contributed by atoms with E-state index in [-0.39, 0.29) is 5.60 Å². The number of nitrogens with one attached hydrogen (secondary N) is 1. The van der Waals surface area contributed by atoms with Crippen LogP contribution in [0.4, 0.5) is 0 Å². The Morgan fingerprint density at radius 3 is 2.60 bits per heavy atom. The van der Waals surface area contributed by atoms with Crippen molar-refractivity contribution in [3.05, 3.63) is 0 Å². The number of rotatable bonds is 1. The van der Waals surface area contributed by atoms with Crippen molar-refractivity contribution in [1.29, 1.82) is 0 Å². The van der Waals surface area contributed by atoms with E-state index in [0.717, 1.165) is 19.4 Å². The third-order valence-electron chi connectivity index (χ3n) is 2.11. The molecule has 2 heteroatoms. The first-order valence-electron chi connectivity index (χ1n) is 3.95. The summed E-state index contributed by atoms with van der Waals surface area (Å²) >= 11 is 0. The highest BCUT2D eigenvalue weighted by atomic mass is 16.5. The third kappa shape index (κ3) is 1.96. The van der Waals surface area contributed by atoms with Gasteiger partial charge in [-0.25, -0.2) is 0 Å². The summed E-state index contributed by atoms with van der Waals surface area (Å²) in [4.78, 5) is 0. The molecule has 1 heterocycles. The highest BCUT2D eigenvalue weighted by Gasteiger charge is 2.27. The Kier molecular flexibility index (Phi) is 2.32. The van der Waals surface area contributed by atoms with Gasteiger partial charge < -0.3 is 10.1 Å². The van der Waals surface area contributed by atoms with Gasteiger partial charge in [0, 0.05) is 12.6 Å². The van der Waals surface area contributed by atoms with E-state index in [4.69, 9.17) is 4.74 Å². The molecular formula is C8H17NO. The maximum Gasteiger partial charge on any atom is 0.0641 e. The van der Waals surface area contributed by atoms with E-state index in [0.29, 0.717) is 6.04 Å². The Morgan fingerprint density at radius 2 is 2.20 bits per heavy atom. The Labute approximate surface area is 63.0 Å². The molecule has 0 aromatic rings. The standard InChI is InChI=1S/C8H17NO/c1-8(2)6-7(9-3)4-5-10-8/h7,9H,4-6H2,1-3H3. The zero-order chi connectivity index (χ0) is 7.61. The second kappa shape index (κ2) is 2.89. The molecule has 0 spiro atoms. The molecule has 10 heavy (non-hydrogen) atoms. The molecule has 1 unspecified atom stereocenters. The summed E-state index contributed by atoms with van der Waals surface area (Å²) in [6.45, 7) is 5.20. The van der Waals surface area contributed by atoms with Gasteiger partial charge in [-0.2, -0.15) is 0 Å². The zero-order valence-corrected chi connectivity index (χ0v) is 7.11. The predicted molar refractivity (Wildman–Crippen MR) is 42.1 cm³/mol. The van der Waals surface area contributed by atoms with Crippen molar-refractivity contribution in [3.8, 4) is 0 Å². The van der Waals surface area contributed by atoms with Crippen LogP contribution in [-0.4, -0.2) is 25.3 Å². The predicted octanol–water partition coefficient (Wildman–Crippen LogP) is 1.16. The molecule has 0 amide bonds. The molecule has 0 aromatic carbocycles. The van der Waals surface area contributed by atoms with Gasteiger partial charge in [-0.3, -0.25) is 0 Å². The van der Waals surface area contributed by atoms with Crippen LogP contribution in [0.15, 0.2) is 0 Å².